The SMILES string of the molecule is O=C(CN(c1cccnc1)S(=O)(=O)c1ccccc1)N1CCN(c2ccccc2F)CC1. The van der Waals surface area contributed by atoms with Gasteiger partial charge in [0.25, 0.3) is 10.0 Å². The molecule has 1 aromatic heterocycles. The van der Waals surface area contributed by atoms with Crippen LogP contribution in [0.2, 0.25) is 0 Å². The minimum atomic E-state index is -3.96. The predicted octanol–water partition coefficient (Wildman–Crippen LogP) is 2.76. The zero-order valence-electron chi connectivity index (χ0n) is 17.3. The maximum Gasteiger partial charge on any atom is 0.264 e. The highest BCUT2D eigenvalue weighted by Gasteiger charge is 2.30. The summed E-state index contributed by atoms with van der Waals surface area (Å²) in [6, 6.07) is 17.8. The lowest BCUT2D eigenvalue weighted by molar-refractivity contribution is -0.129. The van der Waals surface area contributed by atoms with E-state index < -0.39 is 10.0 Å². The zero-order valence-corrected chi connectivity index (χ0v) is 18.2. The molecular weight excluding hydrogens is 431 g/mol. The first-order valence-electron chi connectivity index (χ1n) is 10.2. The molecule has 0 N–H and O–H groups in total. The third-order valence-corrected chi connectivity index (χ3v) is 7.16. The highest BCUT2D eigenvalue weighted by Crippen LogP contribution is 2.24. The first kappa shape index (κ1) is 21.8. The van der Waals surface area contributed by atoms with Crippen molar-refractivity contribution in [1.29, 1.82) is 0 Å². The first-order chi connectivity index (χ1) is 15.5. The molecule has 0 saturated carbocycles. The number of piperazine rings is 1. The summed E-state index contributed by atoms with van der Waals surface area (Å²) in [5.41, 5.74) is 0.818. The van der Waals surface area contributed by atoms with E-state index in [4.69, 9.17) is 0 Å². The highest BCUT2D eigenvalue weighted by molar-refractivity contribution is 7.92. The lowest BCUT2D eigenvalue weighted by Gasteiger charge is -2.37. The van der Waals surface area contributed by atoms with E-state index in [-0.39, 0.29) is 23.2 Å². The summed E-state index contributed by atoms with van der Waals surface area (Å²) in [7, 11) is -3.96. The number of hydrogen-bond donors (Lipinski definition) is 0. The lowest BCUT2D eigenvalue weighted by atomic mass is 10.2. The first-order valence-corrected chi connectivity index (χ1v) is 11.7. The Balaban J connectivity index is 1.51. The molecule has 32 heavy (non-hydrogen) atoms. The molecule has 0 atom stereocenters. The van der Waals surface area contributed by atoms with Crippen LogP contribution < -0.4 is 9.21 Å². The number of anilines is 2. The van der Waals surface area contributed by atoms with Crippen LogP contribution in [0.15, 0.2) is 84.0 Å². The molecule has 0 aliphatic carbocycles. The van der Waals surface area contributed by atoms with Crippen molar-refractivity contribution < 1.29 is 17.6 Å². The summed E-state index contributed by atoms with van der Waals surface area (Å²) < 4.78 is 41.8. The predicted molar refractivity (Wildman–Crippen MR) is 120 cm³/mol. The Morgan fingerprint density at radius 1 is 0.938 bits per heavy atom. The van der Waals surface area contributed by atoms with Crippen LogP contribution in [0.25, 0.3) is 0 Å². The number of aromatic nitrogens is 1. The summed E-state index contributed by atoms with van der Waals surface area (Å²) in [6.07, 6.45) is 2.96. The fraction of sp³-hybridized carbons (Fsp3) is 0.217. The van der Waals surface area contributed by atoms with Gasteiger partial charge in [0.1, 0.15) is 12.4 Å². The fourth-order valence-corrected chi connectivity index (χ4v) is 5.09. The van der Waals surface area contributed by atoms with Crippen molar-refractivity contribution in [2.45, 2.75) is 4.90 Å². The number of amides is 1. The van der Waals surface area contributed by atoms with Gasteiger partial charge in [0.2, 0.25) is 5.91 Å². The third kappa shape index (κ3) is 4.57. The van der Waals surface area contributed by atoms with Crippen molar-refractivity contribution in [2.24, 2.45) is 0 Å². The monoisotopic (exact) mass is 454 g/mol. The summed E-state index contributed by atoms with van der Waals surface area (Å²) in [5.74, 6) is -0.620. The lowest BCUT2D eigenvalue weighted by Crippen LogP contribution is -2.52. The maximum atomic E-state index is 14.1. The van der Waals surface area contributed by atoms with Crippen molar-refractivity contribution in [3.63, 3.8) is 0 Å². The Kier molecular flexibility index (Phi) is 6.36. The largest absolute Gasteiger partial charge is 0.366 e. The molecule has 0 unspecified atom stereocenters. The molecule has 1 aliphatic rings. The number of carbonyl (C=O) groups is 1. The van der Waals surface area contributed by atoms with Crippen LogP contribution in [0.1, 0.15) is 0 Å². The summed E-state index contributed by atoms with van der Waals surface area (Å²) in [6.45, 7) is 1.33. The van der Waals surface area contributed by atoms with Crippen molar-refractivity contribution in [3.8, 4) is 0 Å². The van der Waals surface area contributed by atoms with Gasteiger partial charge < -0.3 is 9.80 Å². The molecule has 7 nitrogen and oxygen atoms in total. The van der Waals surface area contributed by atoms with Crippen LogP contribution >= 0.6 is 0 Å². The van der Waals surface area contributed by atoms with Crippen LogP contribution in [-0.4, -0.2) is 56.9 Å². The van der Waals surface area contributed by atoms with Crippen molar-refractivity contribution >= 4 is 27.3 Å². The number of sulfonamides is 1. The quantitative estimate of drug-likeness (QED) is 0.573. The van der Waals surface area contributed by atoms with Gasteiger partial charge in [-0.25, -0.2) is 12.8 Å². The van der Waals surface area contributed by atoms with Crippen LogP contribution in [0.4, 0.5) is 15.8 Å². The second-order valence-electron chi connectivity index (χ2n) is 7.36. The molecule has 1 aliphatic heterocycles. The van der Waals surface area contributed by atoms with E-state index >= 15 is 0 Å². The zero-order chi connectivity index (χ0) is 22.6. The number of benzene rings is 2. The average Bonchev–Trinajstić information content (AvgIpc) is 2.84. The van der Waals surface area contributed by atoms with Gasteiger partial charge in [0.05, 0.1) is 22.5 Å². The normalized spacial score (nSPS) is 14.3. The molecule has 9 heteroatoms. The molecule has 3 aromatic rings. The Morgan fingerprint density at radius 3 is 2.28 bits per heavy atom. The van der Waals surface area contributed by atoms with E-state index in [1.807, 2.05) is 4.90 Å². The van der Waals surface area contributed by atoms with Gasteiger partial charge in [-0.1, -0.05) is 30.3 Å². The van der Waals surface area contributed by atoms with E-state index in [1.165, 1.54) is 24.4 Å². The van der Waals surface area contributed by atoms with E-state index in [2.05, 4.69) is 4.98 Å². The molecule has 1 fully saturated rings. The molecule has 0 bridgehead atoms. The van der Waals surface area contributed by atoms with Gasteiger partial charge >= 0.3 is 0 Å². The van der Waals surface area contributed by atoms with E-state index in [9.17, 15) is 17.6 Å². The molecular formula is C23H23FN4O3S. The Morgan fingerprint density at radius 2 is 1.62 bits per heavy atom. The smallest absolute Gasteiger partial charge is 0.264 e. The van der Waals surface area contributed by atoms with Crippen LogP contribution in [-0.2, 0) is 14.8 Å². The Hall–Kier alpha value is -3.46. The average molecular weight is 455 g/mol. The topological polar surface area (TPSA) is 73.8 Å². The number of para-hydroxylation sites is 1. The summed E-state index contributed by atoms with van der Waals surface area (Å²) in [5, 5.41) is 0. The minimum absolute atomic E-state index is 0.0982. The van der Waals surface area contributed by atoms with Crippen LogP contribution in [0, 0.1) is 5.82 Å². The number of rotatable bonds is 6. The van der Waals surface area contributed by atoms with Crippen molar-refractivity contribution in [1.82, 2.24) is 9.88 Å². The van der Waals surface area contributed by atoms with Crippen molar-refractivity contribution in [3.05, 3.63) is 84.9 Å². The van der Waals surface area contributed by atoms with E-state index in [0.717, 1.165) is 4.31 Å². The molecule has 2 heterocycles. The molecule has 1 saturated heterocycles. The highest BCUT2D eigenvalue weighted by atomic mass is 32.2. The minimum Gasteiger partial charge on any atom is -0.366 e. The Bertz CT molecular complexity index is 1170. The molecule has 166 valence electrons. The van der Waals surface area contributed by atoms with Gasteiger partial charge in [-0.15, -0.1) is 0 Å². The number of nitrogens with zero attached hydrogens (tertiary/aromatic N) is 4. The van der Waals surface area contributed by atoms with Gasteiger partial charge in [-0.05, 0) is 36.4 Å². The second kappa shape index (κ2) is 9.35. The van der Waals surface area contributed by atoms with Gasteiger partial charge in [0.15, 0.2) is 0 Å². The number of carbonyl (C=O) groups excluding carboxylic acids is 1. The van der Waals surface area contributed by atoms with Crippen molar-refractivity contribution in [2.75, 3.05) is 41.9 Å². The molecule has 0 spiro atoms. The van der Waals surface area contributed by atoms with Gasteiger partial charge in [-0.3, -0.25) is 14.1 Å². The molecule has 2 aromatic carbocycles. The molecule has 0 radical (unpaired) electrons. The number of hydrogen-bond acceptors (Lipinski definition) is 5. The van der Waals surface area contributed by atoms with E-state index in [1.54, 1.807) is 59.6 Å². The van der Waals surface area contributed by atoms with Crippen LogP contribution in [0.5, 0.6) is 0 Å². The third-order valence-electron chi connectivity index (χ3n) is 5.37. The Labute approximate surface area is 186 Å². The number of halogens is 1. The van der Waals surface area contributed by atoms with Crippen LogP contribution in [0.3, 0.4) is 0 Å². The van der Waals surface area contributed by atoms with E-state index in [0.29, 0.717) is 37.6 Å². The second-order valence-corrected chi connectivity index (χ2v) is 9.22. The molecule has 4 rings (SSSR count). The standard InChI is InChI=1S/C23H23FN4O3S/c24-21-10-4-5-11-22(21)26-13-15-27(16-14-26)23(29)18-28(19-7-6-12-25-17-19)32(30,31)20-8-2-1-3-9-20/h1-12,17H,13-16,18H2. The summed E-state index contributed by atoms with van der Waals surface area (Å²) in [4.78, 5) is 20.7. The molecule has 1 amide bonds. The summed E-state index contributed by atoms with van der Waals surface area (Å²) >= 11 is 0. The van der Waals surface area contributed by atoms with Gasteiger partial charge in [-0.2, -0.15) is 0 Å². The van der Waals surface area contributed by atoms with Gasteiger partial charge in [0, 0.05) is 32.4 Å². The number of pyridine rings is 1. The fourth-order valence-electron chi connectivity index (χ4n) is 3.66. The maximum absolute atomic E-state index is 14.1.